The van der Waals surface area contributed by atoms with Gasteiger partial charge in [-0.25, -0.2) is 4.39 Å². The van der Waals surface area contributed by atoms with Crippen molar-refractivity contribution < 1.29 is 14.6 Å². The van der Waals surface area contributed by atoms with Gasteiger partial charge in [-0.15, -0.1) is 11.6 Å². The summed E-state index contributed by atoms with van der Waals surface area (Å²) >= 11 is 5.41. The van der Waals surface area contributed by atoms with E-state index in [-0.39, 0.29) is 23.6 Å². The third-order valence-electron chi connectivity index (χ3n) is 2.11. The molecule has 1 aromatic carbocycles. The highest BCUT2D eigenvalue weighted by Crippen LogP contribution is 2.23. The molecule has 0 aliphatic heterocycles. The van der Waals surface area contributed by atoms with Crippen LogP contribution in [-0.4, -0.2) is 22.2 Å². The lowest BCUT2D eigenvalue weighted by atomic mass is 10.0. The molecule has 84 valence electrons. The Hall–Kier alpha value is -0.840. The molecule has 0 spiro atoms. The lowest BCUT2D eigenvalue weighted by Crippen LogP contribution is -2.19. The molecule has 0 aromatic heterocycles. The van der Waals surface area contributed by atoms with Gasteiger partial charge in [-0.2, -0.15) is 0 Å². The second-order valence-electron chi connectivity index (χ2n) is 3.27. The maximum atomic E-state index is 13.3. The molecule has 2 atom stereocenters. The third-order valence-corrected chi connectivity index (χ3v) is 2.33. The van der Waals surface area contributed by atoms with Crippen LogP contribution in [0, 0.1) is 5.82 Å². The van der Waals surface area contributed by atoms with E-state index >= 15 is 0 Å². The highest BCUT2D eigenvalue weighted by molar-refractivity contribution is 6.17. The van der Waals surface area contributed by atoms with Crippen molar-refractivity contribution in [3.05, 3.63) is 29.6 Å². The highest BCUT2D eigenvalue weighted by Gasteiger charge is 2.20. The summed E-state index contributed by atoms with van der Waals surface area (Å²) < 4.78 is 13.3. The fourth-order valence-corrected chi connectivity index (χ4v) is 1.48. The average molecular weight is 234 g/mol. The number of halogens is 2. The summed E-state index contributed by atoms with van der Waals surface area (Å²) in [6.45, 7) is 0. The van der Waals surface area contributed by atoms with Crippen molar-refractivity contribution in [2.24, 2.45) is 0 Å². The first kappa shape index (κ1) is 12.2. The summed E-state index contributed by atoms with van der Waals surface area (Å²) in [6, 6.07) is 3.92. The van der Waals surface area contributed by atoms with Crippen molar-refractivity contribution in [2.45, 2.75) is 18.6 Å². The lowest BCUT2D eigenvalue weighted by molar-refractivity contribution is 0.0149. The predicted molar refractivity (Wildman–Crippen MR) is 57.1 cm³/mol. The lowest BCUT2D eigenvalue weighted by Gasteiger charge is -2.17. The summed E-state index contributed by atoms with van der Waals surface area (Å²) in [5.41, 5.74) is 5.66. The van der Waals surface area contributed by atoms with Gasteiger partial charge in [0, 0.05) is 17.1 Å². The van der Waals surface area contributed by atoms with Gasteiger partial charge in [0.15, 0.2) is 0 Å². The van der Waals surface area contributed by atoms with Crippen LogP contribution >= 0.6 is 11.6 Å². The molecule has 1 aromatic rings. The minimum absolute atomic E-state index is 0.0295. The van der Waals surface area contributed by atoms with Crippen molar-refractivity contribution in [1.29, 1.82) is 0 Å². The second-order valence-corrected chi connectivity index (χ2v) is 3.65. The molecule has 0 aliphatic rings. The third kappa shape index (κ3) is 3.06. The standard InChI is InChI=1S/C10H13ClFNO2/c11-4-3-9(14)10(15)7-2-1-6(13)5-8(7)12/h1-2,5,9-10,14-15H,3-4,13H2. The number of aliphatic hydroxyl groups is 2. The number of hydrogen-bond donors (Lipinski definition) is 3. The number of benzene rings is 1. The van der Waals surface area contributed by atoms with Gasteiger partial charge in [-0.05, 0) is 18.6 Å². The van der Waals surface area contributed by atoms with Crippen LogP contribution in [0.2, 0.25) is 0 Å². The zero-order valence-electron chi connectivity index (χ0n) is 8.03. The van der Waals surface area contributed by atoms with Crippen LogP contribution < -0.4 is 5.73 Å². The fourth-order valence-electron chi connectivity index (χ4n) is 1.26. The van der Waals surface area contributed by atoms with Gasteiger partial charge >= 0.3 is 0 Å². The van der Waals surface area contributed by atoms with Crippen LogP contribution in [0.3, 0.4) is 0 Å². The predicted octanol–water partition coefficient (Wildman–Crippen LogP) is 1.43. The first-order valence-electron chi connectivity index (χ1n) is 4.53. The van der Waals surface area contributed by atoms with Crippen LogP contribution in [0.15, 0.2) is 18.2 Å². The molecule has 0 radical (unpaired) electrons. The highest BCUT2D eigenvalue weighted by atomic mass is 35.5. The molecular weight excluding hydrogens is 221 g/mol. The van der Waals surface area contributed by atoms with E-state index in [0.29, 0.717) is 0 Å². The maximum absolute atomic E-state index is 13.3. The Labute approximate surface area is 92.3 Å². The zero-order valence-corrected chi connectivity index (χ0v) is 8.78. The van der Waals surface area contributed by atoms with Crippen molar-refractivity contribution in [3.8, 4) is 0 Å². The first-order chi connectivity index (χ1) is 7.06. The van der Waals surface area contributed by atoms with Crippen LogP contribution in [0.25, 0.3) is 0 Å². The molecule has 0 amide bonds. The zero-order chi connectivity index (χ0) is 11.4. The number of nitrogen functional groups attached to an aromatic ring is 1. The monoisotopic (exact) mass is 233 g/mol. The van der Waals surface area contributed by atoms with Gasteiger partial charge < -0.3 is 15.9 Å². The molecule has 0 bridgehead atoms. The molecule has 0 saturated heterocycles. The fraction of sp³-hybridized carbons (Fsp3) is 0.400. The number of alkyl halides is 1. The Morgan fingerprint density at radius 1 is 1.40 bits per heavy atom. The van der Waals surface area contributed by atoms with Crippen molar-refractivity contribution in [2.75, 3.05) is 11.6 Å². The number of hydrogen-bond acceptors (Lipinski definition) is 3. The molecule has 15 heavy (non-hydrogen) atoms. The van der Waals surface area contributed by atoms with Crippen molar-refractivity contribution in [3.63, 3.8) is 0 Å². The topological polar surface area (TPSA) is 66.5 Å². The number of anilines is 1. The summed E-state index contributed by atoms with van der Waals surface area (Å²) in [5.74, 6) is -0.425. The van der Waals surface area contributed by atoms with Gasteiger partial charge in [0.2, 0.25) is 0 Å². The van der Waals surface area contributed by atoms with E-state index in [9.17, 15) is 14.6 Å². The SMILES string of the molecule is Nc1ccc(C(O)C(O)CCCl)c(F)c1. The normalized spacial score (nSPS) is 14.9. The molecule has 0 saturated carbocycles. The molecule has 0 aliphatic carbocycles. The van der Waals surface area contributed by atoms with Crippen LogP contribution in [0.5, 0.6) is 0 Å². The number of nitrogens with two attached hydrogens (primary N) is 1. The Morgan fingerprint density at radius 2 is 2.07 bits per heavy atom. The van der Waals surface area contributed by atoms with E-state index in [1.807, 2.05) is 0 Å². The molecule has 3 nitrogen and oxygen atoms in total. The van der Waals surface area contributed by atoms with Crippen molar-refractivity contribution >= 4 is 17.3 Å². The van der Waals surface area contributed by atoms with E-state index in [4.69, 9.17) is 17.3 Å². The molecule has 5 heteroatoms. The summed E-state index contributed by atoms with van der Waals surface area (Å²) in [5, 5.41) is 19.0. The molecule has 4 N–H and O–H groups in total. The number of rotatable bonds is 4. The van der Waals surface area contributed by atoms with Gasteiger partial charge in [0.1, 0.15) is 11.9 Å². The largest absolute Gasteiger partial charge is 0.399 e. The summed E-state index contributed by atoms with van der Waals surface area (Å²) in [7, 11) is 0. The second kappa shape index (κ2) is 5.30. The van der Waals surface area contributed by atoms with Gasteiger partial charge in [0.25, 0.3) is 0 Å². The Kier molecular flexibility index (Phi) is 4.32. The van der Waals surface area contributed by atoms with Crippen LogP contribution in [0.1, 0.15) is 18.1 Å². The summed E-state index contributed by atoms with van der Waals surface area (Å²) in [6.07, 6.45) is -2.14. The van der Waals surface area contributed by atoms with E-state index < -0.39 is 18.0 Å². The number of aliphatic hydroxyl groups excluding tert-OH is 2. The maximum Gasteiger partial charge on any atom is 0.131 e. The van der Waals surface area contributed by atoms with Gasteiger partial charge in [-0.3, -0.25) is 0 Å². The van der Waals surface area contributed by atoms with Gasteiger partial charge in [0.05, 0.1) is 6.10 Å². The Bertz CT molecular complexity index is 335. The molecule has 0 heterocycles. The molecular formula is C10H13ClFNO2. The van der Waals surface area contributed by atoms with E-state index in [1.165, 1.54) is 12.1 Å². The van der Waals surface area contributed by atoms with E-state index in [2.05, 4.69) is 0 Å². The minimum Gasteiger partial charge on any atom is -0.399 e. The quantitative estimate of drug-likeness (QED) is 0.545. The van der Waals surface area contributed by atoms with E-state index in [0.717, 1.165) is 6.07 Å². The molecule has 0 fully saturated rings. The van der Waals surface area contributed by atoms with Crippen LogP contribution in [-0.2, 0) is 0 Å². The van der Waals surface area contributed by atoms with Gasteiger partial charge in [-0.1, -0.05) is 6.07 Å². The first-order valence-corrected chi connectivity index (χ1v) is 5.06. The van der Waals surface area contributed by atoms with Crippen molar-refractivity contribution in [1.82, 2.24) is 0 Å². The molecule has 2 unspecified atom stereocenters. The Balaban J connectivity index is 2.86. The Morgan fingerprint density at radius 3 is 2.60 bits per heavy atom. The summed E-state index contributed by atoms with van der Waals surface area (Å²) in [4.78, 5) is 0. The van der Waals surface area contributed by atoms with E-state index in [1.54, 1.807) is 0 Å². The average Bonchev–Trinajstić information content (AvgIpc) is 2.17. The minimum atomic E-state index is -1.27. The van der Waals surface area contributed by atoms with Crippen LogP contribution in [0.4, 0.5) is 10.1 Å². The molecule has 1 rings (SSSR count). The smallest absolute Gasteiger partial charge is 0.131 e.